The molecule has 1 heterocycles. The molecule has 1 aliphatic rings. The Morgan fingerprint density at radius 2 is 2.00 bits per heavy atom. The largest absolute Gasteiger partial charge is 0.382 e. The number of amides is 2. The predicted molar refractivity (Wildman–Crippen MR) is 86.2 cm³/mol. The molecule has 0 bridgehead atoms. The number of benzene rings is 1. The molecule has 1 fully saturated rings. The quantitative estimate of drug-likeness (QED) is 0.897. The second-order valence-corrected chi connectivity index (χ2v) is 6.46. The van der Waals surface area contributed by atoms with Crippen molar-refractivity contribution in [2.24, 2.45) is 0 Å². The Balaban J connectivity index is 1.90. The second-order valence-electron chi connectivity index (χ2n) is 5.54. The van der Waals surface area contributed by atoms with Crippen molar-refractivity contribution in [3.63, 3.8) is 0 Å². The molecule has 1 aliphatic heterocycles. The number of carbonyl (C=O) groups is 1. The average Bonchev–Trinajstić information content (AvgIpc) is 2.42. The van der Waals surface area contributed by atoms with Gasteiger partial charge in [0.25, 0.3) is 0 Å². The van der Waals surface area contributed by atoms with Gasteiger partial charge in [-0.05, 0) is 43.5 Å². The summed E-state index contributed by atoms with van der Waals surface area (Å²) in [6.07, 6.45) is 1.99. The lowest BCUT2D eigenvalue weighted by Gasteiger charge is -2.34. The number of halogens is 1. The zero-order valence-electron chi connectivity index (χ0n) is 12.3. The number of likely N-dealkylation sites (tertiary alicyclic amines) is 1. The third kappa shape index (κ3) is 3.66. The van der Waals surface area contributed by atoms with Crippen LogP contribution in [0.4, 0.5) is 10.5 Å². The number of hydrogen-bond donors (Lipinski definition) is 1. The summed E-state index contributed by atoms with van der Waals surface area (Å²) >= 11 is 3.48. The minimum absolute atomic E-state index is 0.114. The van der Waals surface area contributed by atoms with E-state index in [4.69, 9.17) is 0 Å². The molecular weight excluding hydrogens is 318 g/mol. The van der Waals surface area contributed by atoms with Crippen molar-refractivity contribution in [3.05, 3.63) is 28.2 Å². The third-order valence-electron chi connectivity index (χ3n) is 3.70. The van der Waals surface area contributed by atoms with E-state index in [1.807, 2.05) is 4.90 Å². The highest BCUT2D eigenvalue weighted by Gasteiger charge is 2.23. The summed E-state index contributed by atoms with van der Waals surface area (Å²) < 4.78 is 1.10. The van der Waals surface area contributed by atoms with Crippen LogP contribution in [0, 0.1) is 6.92 Å². The predicted octanol–water partition coefficient (Wildman–Crippen LogP) is 3.32. The number of piperidine rings is 1. The molecule has 2 rings (SSSR count). The van der Waals surface area contributed by atoms with Crippen molar-refractivity contribution in [1.82, 2.24) is 9.80 Å². The van der Waals surface area contributed by atoms with Gasteiger partial charge in [0.05, 0.1) is 0 Å². The van der Waals surface area contributed by atoms with E-state index in [2.05, 4.69) is 46.4 Å². The molecule has 0 aromatic heterocycles. The first-order chi connectivity index (χ1) is 9.47. The standard InChI is InChI=1S/C15H22BrN3O/c1-11-10-12(16)4-5-14(11)17-13-6-8-19(9-7-13)15(20)18(2)3/h4-5,10,13,17H,6-9H2,1-3H3. The molecular formula is C15H22BrN3O. The van der Waals surface area contributed by atoms with Crippen LogP contribution in [0.5, 0.6) is 0 Å². The molecule has 1 aromatic rings. The highest BCUT2D eigenvalue weighted by molar-refractivity contribution is 9.10. The van der Waals surface area contributed by atoms with Crippen LogP contribution < -0.4 is 5.32 Å². The fourth-order valence-corrected chi connectivity index (χ4v) is 2.98. The van der Waals surface area contributed by atoms with Gasteiger partial charge in [0.15, 0.2) is 0 Å². The molecule has 2 amide bonds. The number of anilines is 1. The molecule has 0 spiro atoms. The van der Waals surface area contributed by atoms with Crippen molar-refractivity contribution < 1.29 is 4.79 Å². The summed E-state index contributed by atoms with van der Waals surface area (Å²) in [6.45, 7) is 3.76. The van der Waals surface area contributed by atoms with Crippen molar-refractivity contribution >= 4 is 27.6 Å². The maximum atomic E-state index is 11.9. The van der Waals surface area contributed by atoms with Crippen LogP contribution in [0.2, 0.25) is 0 Å². The molecule has 1 aromatic carbocycles. The van der Waals surface area contributed by atoms with E-state index in [1.165, 1.54) is 11.3 Å². The Hall–Kier alpha value is -1.23. The highest BCUT2D eigenvalue weighted by Crippen LogP contribution is 2.23. The highest BCUT2D eigenvalue weighted by atomic mass is 79.9. The molecule has 20 heavy (non-hydrogen) atoms. The fourth-order valence-electron chi connectivity index (χ4n) is 2.51. The molecule has 0 saturated carbocycles. The van der Waals surface area contributed by atoms with E-state index >= 15 is 0 Å². The molecule has 0 radical (unpaired) electrons. The average molecular weight is 340 g/mol. The monoisotopic (exact) mass is 339 g/mol. The van der Waals surface area contributed by atoms with Gasteiger partial charge in [-0.3, -0.25) is 0 Å². The van der Waals surface area contributed by atoms with E-state index in [0.717, 1.165) is 30.4 Å². The first-order valence-electron chi connectivity index (χ1n) is 6.96. The Morgan fingerprint density at radius 1 is 1.35 bits per heavy atom. The van der Waals surface area contributed by atoms with Gasteiger partial charge in [0, 0.05) is 43.4 Å². The maximum Gasteiger partial charge on any atom is 0.319 e. The van der Waals surface area contributed by atoms with Crippen molar-refractivity contribution in [2.45, 2.75) is 25.8 Å². The zero-order chi connectivity index (χ0) is 14.7. The van der Waals surface area contributed by atoms with E-state index in [-0.39, 0.29) is 6.03 Å². The summed E-state index contributed by atoms with van der Waals surface area (Å²) in [7, 11) is 3.61. The van der Waals surface area contributed by atoms with Gasteiger partial charge in [0.2, 0.25) is 0 Å². The molecule has 0 unspecified atom stereocenters. The minimum atomic E-state index is 0.114. The van der Waals surface area contributed by atoms with Crippen LogP contribution >= 0.6 is 15.9 Å². The molecule has 110 valence electrons. The first kappa shape index (κ1) is 15.2. The van der Waals surface area contributed by atoms with Crippen LogP contribution in [0.3, 0.4) is 0 Å². The molecule has 0 aliphatic carbocycles. The maximum absolute atomic E-state index is 11.9. The topological polar surface area (TPSA) is 35.6 Å². The van der Waals surface area contributed by atoms with Gasteiger partial charge in [0.1, 0.15) is 0 Å². The van der Waals surface area contributed by atoms with Crippen LogP contribution in [0.15, 0.2) is 22.7 Å². The van der Waals surface area contributed by atoms with Gasteiger partial charge in [-0.2, -0.15) is 0 Å². The smallest absolute Gasteiger partial charge is 0.319 e. The van der Waals surface area contributed by atoms with Crippen LogP contribution in [-0.2, 0) is 0 Å². The summed E-state index contributed by atoms with van der Waals surface area (Å²) in [5, 5.41) is 3.59. The van der Waals surface area contributed by atoms with Gasteiger partial charge in [-0.1, -0.05) is 15.9 Å². The molecule has 0 atom stereocenters. The summed E-state index contributed by atoms with van der Waals surface area (Å²) in [4.78, 5) is 15.4. The lowest BCUT2D eigenvalue weighted by atomic mass is 10.0. The van der Waals surface area contributed by atoms with Crippen molar-refractivity contribution in [2.75, 3.05) is 32.5 Å². The fraction of sp³-hybridized carbons (Fsp3) is 0.533. The lowest BCUT2D eigenvalue weighted by molar-refractivity contribution is 0.158. The van der Waals surface area contributed by atoms with Crippen LogP contribution in [-0.4, -0.2) is 49.1 Å². The van der Waals surface area contributed by atoms with E-state index in [9.17, 15) is 4.79 Å². The molecule has 4 nitrogen and oxygen atoms in total. The Labute approximate surface area is 129 Å². The number of urea groups is 1. The van der Waals surface area contributed by atoms with Crippen molar-refractivity contribution in [3.8, 4) is 0 Å². The third-order valence-corrected chi connectivity index (χ3v) is 4.19. The number of nitrogens with one attached hydrogen (secondary N) is 1. The lowest BCUT2D eigenvalue weighted by Crippen LogP contribution is -2.46. The number of hydrogen-bond acceptors (Lipinski definition) is 2. The molecule has 1 N–H and O–H groups in total. The van der Waals surface area contributed by atoms with Gasteiger partial charge >= 0.3 is 6.03 Å². The minimum Gasteiger partial charge on any atom is -0.382 e. The summed E-state index contributed by atoms with van der Waals surface area (Å²) in [5.74, 6) is 0. The van der Waals surface area contributed by atoms with Gasteiger partial charge in [-0.25, -0.2) is 4.79 Å². The Bertz CT molecular complexity index is 482. The van der Waals surface area contributed by atoms with E-state index in [0.29, 0.717) is 6.04 Å². The van der Waals surface area contributed by atoms with Gasteiger partial charge in [-0.15, -0.1) is 0 Å². The van der Waals surface area contributed by atoms with Crippen LogP contribution in [0.1, 0.15) is 18.4 Å². The van der Waals surface area contributed by atoms with Gasteiger partial charge < -0.3 is 15.1 Å². The van der Waals surface area contributed by atoms with E-state index < -0.39 is 0 Å². The SMILES string of the molecule is Cc1cc(Br)ccc1NC1CCN(C(=O)N(C)C)CC1. The Kier molecular flexibility index (Phi) is 4.91. The van der Waals surface area contributed by atoms with Crippen LogP contribution in [0.25, 0.3) is 0 Å². The van der Waals surface area contributed by atoms with Crippen molar-refractivity contribution in [1.29, 1.82) is 0 Å². The number of aryl methyl sites for hydroxylation is 1. The Morgan fingerprint density at radius 3 is 2.55 bits per heavy atom. The number of carbonyl (C=O) groups excluding carboxylic acids is 1. The summed E-state index contributed by atoms with van der Waals surface area (Å²) in [6, 6.07) is 6.84. The normalized spacial score (nSPS) is 16.1. The molecule has 1 saturated heterocycles. The number of nitrogens with zero attached hydrogens (tertiary/aromatic N) is 2. The summed E-state index contributed by atoms with van der Waals surface area (Å²) in [5.41, 5.74) is 2.43. The second kappa shape index (κ2) is 6.48. The zero-order valence-corrected chi connectivity index (χ0v) is 13.9. The number of rotatable bonds is 2. The first-order valence-corrected chi connectivity index (χ1v) is 7.75. The van der Waals surface area contributed by atoms with E-state index in [1.54, 1.807) is 19.0 Å². The molecule has 5 heteroatoms.